The second-order valence-electron chi connectivity index (χ2n) is 7.17. The first-order chi connectivity index (χ1) is 12.1. The van der Waals surface area contributed by atoms with Crippen LogP contribution in [0.15, 0.2) is 24.3 Å². The van der Waals surface area contributed by atoms with Crippen molar-refractivity contribution in [2.75, 3.05) is 27.2 Å². The van der Waals surface area contributed by atoms with Gasteiger partial charge in [0.2, 0.25) is 11.8 Å². The average molecular weight is 344 g/mol. The molecule has 0 bridgehead atoms. The van der Waals surface area contributed by atoms with Crippen molar-refractivity contribution in [3.63, 3.8) is 0 Å². The summed E-state index contributed by atoms with van der Waals surface area (Å²) in [5.41, 5.74) is 1.16. The van der Waals surface area contributed by atoms with Crippen LogP contribution < -0.4 is 4.74 Å². The number of methoxy groups -OCH3 is 1. The Balaban J connectivity index is 1.79. The smallest absolute Gasteiger partial charge is 0.226 e. The molecule has 2 aliphatic heterocycles. The SMILES string of the molecule is COc1ccc(C2CCCCCN2C(=O)C2CCN(C)C(=O)C2)cc1. The summed E-state index contributed by atoms with van der Waals surface area (Å²) < 4.78 is 5.25. The van der Waals surface area contributed by atoms with Crippen LogP contribution in [0.3, 0.4) is 0 Å². The molecule has 136 valence electrons. The first-order valence-corrected chi connectivity index (χ1v) is 9.28. The third kappa shape index (κ3) is 3.97. The molecule has 2 atom stereocenters. The number of likely N-dealkylation sites (tertiary alicyclic amines) is 2. The Labute approximate surface area is 149 Å². The Bertz CT molecular complexity index is 614. The summed E-state index contributed by atoms with van der Waals surface area (Å²) in [6.07, 6.45) is 5.43. The third-order valence-electron chi connectivity index (χ3n) is 5.55. The maximum atomic E-state index is 13.2. The summed E-state index contributed by atoms with van der Waals surface area (Å²) >= 11 is 0. The fourth-order valence-electron chi connectivity index (χ4n) is 3.93. The maximum absolute atomic E-state index is 13.2. The zero-order chi connectivity index (χ0) is 17.8. The molecule has 5 heteroatoms. The maximum Gasteiger partial charge on any atom is 0.226 e. The van der Waals surface area contributed by atoms with E-state index in [4.69, 9.17) is 4.74 Å². The Morgan fingerprint density at radius 2 is 1.84 bits per heavy atom. The monoisotopic (exact) mass is 344 g/mol. The quantitative estimate of drug-likeness (QED) is 0.847. The number of benzene rings is 1. The van der Waals surface area contributed by atoms with Crippen LogP contribution in [-0.4, -0.2) is 48.9 Å². The predicted molar refractivity (Wildman–Crippen MR) is 96.3 cm³/mol. The van der Waals surface area contributed by atoms with E-state index in [0.717, 1.165) is 50.0 Å². The van der Waals surface area contributed by atoms with E-state index in [1.165, 1.54) is 0 Å². The number of hydrogen-bond acceptors (Lipinski definition) is 3. The highest BCUT2D eigenvalue weighted by molar-refractivity contribution is 5.87. The van der Waals surface area contributed by atoms with Gasteiger partial charge in [-0.15, -0.1) is 0 Å². The van der Waals surface area contributed by atoms with Crippen molar-refractivity contribution in [3.05, 3.63) is 29.8 Å². The van der Waals surface area contributed by atoms with E-state index in [1.54, 1.807) is 12.0 Å². The lowest BCUT2D eigenvalue weighted by Crippen LogP contribution is -2.45. The molecule has 2 fully saturated rings. The molecule has 0 radical (unpaired) electrons. The Morgan fingerprint density at radius 1 is 1.08 bits per heavy atom. The normalized spacial score (nSPS) is 24.8. The Hall–Kier alpha value is -2.04. The van der Waals surface area contributed by atoms with Crippen molar-refractivity contribution < 1.29 is 14.3 Å². The van der Waals surface area contributed by atoms with Crippen LogP contribution in [0.2, 0.25) is 0 Å². The van der Waals surface area contributed by atoms with Crippen LogP contribution in [-0.2, 0) is 9.59 Å². The third-order valence-corrected chi connectivity index (χ3v) is 5.55. The summed E-state index contributed by atoms with van der Waals surface area (Å²) in [6.45, 7) is 1.46. The number of carbonyl (C=O) groups excluding carboxylic acids is 2. The van der Waals surface area contributed by atoms with Gasteiger partial charge >= 0.3 is 0 Å². The van der Waals surface area contributed by atoms with E-state index in [1.807, 2.05) is 24.1 Å². The highest BCUT2D eigenvalue weighted by Gasteiger charge is 2.35. The summed E-state index contributed by atoms with van der Waals surface area (Å²) in [4.78, 5) is 29.0. The van der Waals surface area contributed by atoms with E-state index in [9.17, 15) is 9.59 Å². The van der Waals surface area contributed by atoms with Crippen LogP contribution in [0.25, 0.3) is 0 Å². The number of rotatable bonds is 3. The highest BCUT2D eigenvalue weighted by Crippen LogP contribution is 2.33. The van der Waals surface area contributed by atoms with Gasteiger partial charge in [-0.25, -0.2) is 0 Å². The Morgan fingerprint density at radius 3 is 2.52 bits per heavy atom. The fourth-order valence-corrected chi connectivity index (χ4v) is 3.93. The number of carbonyl (C=O) groups is 2. The lowest BCUT2D eigenvalue weighted by Gasteiger charge is -2.36. The standard InChI is InChI=1S/C20H28N2O3/c1-21-13-11-16(14-19(21)23)20(24)22-12-5-3-4-6-18(22)15-7-9-17(25-2)10-8-15/h7-10,16,18H,3-6,11-14H2,1-2H3. The molecule has 5 nitrogen and oxygen atoms in total. The molecule has 25 heavy (non-hydrogen) atoms. The van der Waals surface area contributed by atoms with Gasteiger partial charge in [0.15, 0.2) is 0 Å². The molecule has 0 saturated carbocycles. The van der Waals surface area contributed by atoms with Crippen molar-refractivity contribution >= 4 is 11.8 Å². The molecule has 0 aliphatic carbocycles. The zero-order valence-corrected chi connectivity index (χ0v) is 15.2. The summed E-state index contributed by atoms with van der Waals surface area (Å²) in [7, 11) is 3.47. The van der Waals surface area contributed by atoms with Crippen LogP contribution in [0, 0.1) is 5.92 Å². The van der Waals surface area contributed by atoms with Gasteiger partial charge in [0.25, 0.3) is 0 Å². The van der Waals surface area contributed by atoms with Crippen LogP contribution in [0.5, 0.6) is 5.75 Å². The van der Waals surface area contributed by atoms with Gasteiger partial charge in [-0.05, 0) is 37.0 Å². The second-order valence-corrected chi connectivity index (χ2v) is 7.17. The first-order valence-electron chi connectivity index (χ1n) is 9.28. The van der Waals surface area contributed by atoms with Gasteiger partial charge in [-0.1, -0.05) is 25.0 Å². The molecule has 2 amide bonds. The number of ether oxygens (including phenoxy) is 1. The van der Waals surface area contributed by atoms with E-state index in [2.05, 4.69) is 12.1 Å². The molecule has 2 heterocycles. The molecule has 0 N–H and O–H groups in total. The number of amides is 2. The van der Waals surface area contributed by atoms with Crippen LogP contribution in [0.4, 0.5) is 0 Å². The number of piperidine rings is 1. The van der Waals surface area contributed by atoms with Gasteiger partial charge in [-0.3, -0.25) is 9.59 Å². The van der Waals surface area contributed by atoms with Crippen molar-refractivity contribution in [2.45, 2.75) is 44.6 Å². The van der Waals surface area contributed by atoms with Gasteiger partial charge in [0.05, 0.1) is 13.2 Å². The molecule has 1 aromatic rings. The molecular formula is C20H28N2O3. The molecular weight excluding hydrogens is 316 g/mol. The van der Waals surface area contributed by atoms with Crippen molar-refractivity contribution in [3.8, 4) is 5.75 Å². The lowest BCUT2D eigenvalue weighted by atomic mass is 9.93. The molecule has 2 saturated heterocycles. The van der Waals surface area contributed by atoms with E-state index < -0.39 is 0 Å². The zero-order valence-electron chi connectivity index (χ0n) is 15.2. The minimum absolute atomic E-state index is 0.0837. The second kappa shape index (κ2) is 7.89. The Kier molecular flexibility index (Phi) is 5.61. The van der Waals surface area contributed by atoms with Crippen LogP contribution in [0.1, 0.15) is 50.1 Å². The van der Waals surface area contributed by atoms with Gasteiger partial charge in [-0.2, -0.15) is 0 Å². The average Bonchev–Trinajstić information content (AvgIpc) is 2.89. The predicted octanol–water partition coefficient (Wildman–Crippen LogP) is 3.01. The highest BCUT2D eigenvalue weighted by atomic mass is 16.5. The van der Waals surface area contributed by atoms with Crippen molar-refractivity contribution in [1.82, 2.24) is 9.80 Å². The van der Waals surface area contributed by atoms with Gasteiger partial charge in [0, 0.05) is 32.5 Å². The molecule has 2 unspecified atom stereocenters. The molecule has 0 spiro atoms. The number of nitrogens with zero attached hydrogens (tertiary/aromatic N) is 2. The van der Waals surface area contributed by atoms with E-state index >= 15 is 0 Å². The molecule has 2 aliphatic rings. The summed E-state index contributed by atoms with van der Waals surface area (Å²) in [6, 6.07) is 8.16. The van der Waals surface area contributed by atoms with Gasteiger partial charge in [0.1, 0.15) is 5.75 Å². The molecule has 0 aromatic heterocycles. The lowest BCUT2D eigenvalue weighted by molar-refractivity contribution is -0.146. The summed E-state index contributed by atoms with van der Waals surface area (Å²) in [5, 5.41) is 0. The largest absolute Gasteiger partial charge is 0.497 e. The molecule has 1 aromatic carbocycles. The topological polar surface area (TPSA) is 49.9 Å². The minimum atomic E-state index is -0.164. The van der Waals surface area contributed by atoms with Crippen LogP contribution >= 0.6 is 0 Å². The fraction of sp³-hybridized carbons (Fsp3) is 0.600. The summed E-state index contributed by atoms with van der Waals surface area (Å²) in [5.74, 6) is 0.906. The van der Waals surface area contributed by atoms with Gasteiger partial charge < -0.3 is 14.5 Å². The minimum Gasteiger partial charge on any atom is -0.497 e. The molecule has 3 rings (SSSR count). The first kappa shape index (κ1) is 17.8. The van der Waals surface area contributed by atoms with E-state index in [0.29, 0.717) is 13.0 Å². The van der Waals surface area contributed by atoms with Crippen molar-refractivity contribution in [2.24, 2.45) is 5.92 Å². The van der Waals surface area contributed by atoms with Crippen molar-refractivity contribution in [1.29, 1.82) is 0 Å². The van der Waals surface area contributed by atoms with E-state index in [-0.39, 0.29) is 23.8 Å². The number of hydrogen-bond donors (Lipinski definition) is 0.